The van der Waals surface area contributed by atoms with Crippen molar-refractivity contribution in [2.75, 3.05) is 0 Å². The third kappa shape index (κ3) is 3.34. The highest BCUT2D eigenvalue weighted by Crippen LogP contribution is 2.73. The van der Waals surface area contributed by atoms with Crippen molar-refractivity contribution in [2.45, 2.75) is 119 Å². The van der Waals surface area contributed by atoms with E-state index >= 15 is 0 Å². The van der Waals surface area contributed by atoms with Gasteiger partial charge >= 0.3 is 0 Å². The summed E-state index contributed by atoms with van der Waals surface area (Å²) in [6, 6.07) is 0. The number of aliphatic hydroxyl groups is 1. The minimum Gasteiger partial charge on any atom is -0.393 e. The highest BCUT2D eigenvalue weighted by Gasteiger charge is 2.65. The zero-order chi connectivity index (χ0) is 22.8. The van der Waals surface area contributed by atoms with Gasteiger partial charge in [-0.05, 0) is 117 Å². The van der Waals surface area contributed by atoms with Crippen LogP contribution >= 0.6 is 0 Å². The summed E-state index contributed by atoms with van der Waals surface area (Å²) in [6.07, 6.45) is 16.5. The first kappa shape index (κ1) is 23.6. The fourth-order valence-corrected chi connectivity index (χ4v) is 9.49. The molecule has 0 saturated heterocycles. The van der Waals surface area contributed by atoms with Gasteiger partial charge in [-0.3, -0.25) is 0 Å². The van der Waals surface area contributed by atoms with Gasteiger partial charge in [0.25, 0.3) is 0 Å². The van der Waals surface area contributed by atoms with Crippen LogP contribution in [0.3, 0.4) is 0 Å². The van der Waals surface area contributed by atoms with Crippen LogP contribution in [0.15, 0.2) is 23.3 Å². The van der Waals surface area contributed by atoms with Crippen LogP contribution < -0.4 is 0 Å². The third-order valence-corrected chi connectivity index (χ3v) is 11.7. The number of aliphatic hydroxyl groups excluding tert-OH is 1. The van der Waals surface area contributed by atoms with Crippen molar-refractivity contribution < 1.29 is 5.11 Å². The molecule has 3 saturated carbocycles. The molecule has 4 aliphatic carbocycles. The first-order chi connectivity index (χ1) is 14.4. The first-order valence-corrected chi connectivity index (χ1v) is 13.4. The fourth-order valence-electron chi connectivity index (χ4n) is 9.49. The lowest BCUT2D eigenvalue weighted by Gasteiger charge is -2.64. The maximum absolute atomic E-state index is 10.8. The largest absolute Gasteiger partial charge is 0.393 e. The van der Waals surface area contributed by atoms with E-state index in [2.05, 4.69) is 67.5 Å². The maximum atomic E-state index is 10.8. The lowest BCUT2D eigenvalue weighted by atomic mass is 9.41. The molecule has 0 amide bonds. The summed E-state index contributed by atoms with van der Waals surface area (Å²) >= 11 is 0. The van der Waals surface area contributed by atoms with Crippen molar-refractivity contribution in [3.8, 4) is 0 Å². The van der Waals surface area contributed by atoms with Crippen molar-refractivity contribution >= 4 is 0 Å². The molecule has 176 valence electrons. The molecule has 4 rings (SSSR count). The van der Waals surface area contributed by atoms with Crippen molar-refractivity contribution in [1.82, 2.24) is 0 Å². The van der Waals surface area contributed by atoms with Gasteiger partial charge in [0, 0.05) is 0 Å². The lowest BCUT2D eigenvalue weighted by molar-refractivity contribution is -0.131. The highest BCUT2D eigenvalue weighted by atomic mass is 16.3. The van der Waals surface area contributed by atoms with Gasteiger partial charge in [-0.1, -0.05) is 64.8 Å². The monoisotopic (exact) mass is 426 g/mol. The summed E-state index contributed by atoms with van der Waals surface area (Å²) in [7, 11) is 0. The van der Waals surface area contributed by atoms with E-state index in [4.69, 9.17) is 0 Å². The molecule has 8 atom stereocenters. The van der Waals surface area contributed by atoms with Crippen LogP contribution in [0.2, 0.25) is 0 Å². The van der Waals surface area contributed by atoms with Crippen molar-refractivity contribution in [3.05, 3.63) is 23.3 Å². The minimum absolute atomic E-state index is 0.0360. The Labute approximate surface area is 193 Å². The van der Waals surface area contributed by atoms with E-state index in [-0.39, 0.29) is 11.5 Å². The third-order valence-electron chi connectivity index (χ3n) is 11.7. The van der Waals surface area contributed by atoms with Crippen LogP contribution in [-0.4, -0.2) is 11.2 Å². The standard InChI is InChI=1S/C30H50O/c1-20(2)10-9-11-21(3)22-14-18-30(8)24-12-13-25-27(4,5)26(31)16-17-28(25,6)23(24)15-19-29(22,30)7/h10,12,21-23,25-26,31H,9,11,13-19H2,1-8H3/t21-,22-,23+,25+,26+,28-,29-,30+/m1/s1. The number of rotatable bonds is 4. The summed E-state index contributed by atoms with van der Waals surface area (Å²) in [5.74, 6) is 3.02. The number of fused-ring (bicyclic) bond motifs is 5. The molecule has 3 fully saturated rings. The normalized spacial score (nSPS) is 46.9. The molecule has 0 aromatic rings. The summed E-state index contributed by atoms with van der Waals surface area (Å²) in [6.45, 7) is 19.6. The van der Waals surface area contributed by atoms with Crippen molar-refractivity contribution in [1.29, 1.82) is 0 Å². The van der Waals surface area contributed by atoms with E-state index in [1.54, 1.807) is 0 Å². The van der Waals surface area contributed by atoms with Crippen LogP contribution in [0.25, 0.3) is 0 Å². The Balaban J connectivity index is 1.62. The van der Waals surface area contributed by atoms with Crippen LogP contribution in [0.4, 0.5) is 0 Å². The Morgan fingerprint density at radius 2 is 1.77 bits per heavy atom. The number of allylic oxidation sites excluding steroid dienone is 4. The Bertz CT molecular complexity index is 754. The molecule has 4 aliphatic rings. The topological polar surface area (TPSA) is 20.2 Å². The van der Waals surface area contributed by atoms with Gasteiger partial charge in [-0.15, -0.1) is 0 Å². The van der Waals surface area contributed by atoms with Crippen LogP contribution in [0, 0.1) is 45.3 Å². The number of hydrogen-bond acceptors (Lipinski definition) is 1. The molecule has 1 nitrogen and oxygen atoms in total. The van der Waals surface area contributed by atoms with Gasteiger partial charge in [0.1, 0.15) is 0 Å². The zero-order valence-electron chi connectivity index (χ0n) is 21.9. The van der Waals surface area contributed by atoms with Crippen LogP contribution in [-0.2, 0) is 0 Å². The Morgan fingerprint density at radius 3 is 2.45 bits per heavy atom. The molecule has 0 bridgehead atoms. The van der Waals surface area contributed by atoms with E-state index in [1.165, 1.54) is 56.9 Å². The Hall–Kier alpha value is -0.560. The SMILES string of the molecule is CC(C)=CCC[C@@H](C)[C@H]1CC[C@@]2(C)C3=CC[C@H]4C(C)(C)[C@@H](O)CC[C@]4(C)[C@H]3CC[C@]12C. The van der Waals surface area contributed by atoms with E-state index in [9.17, 15) is 5.11 Å². The maximum Gasteiger partial charge on any atom is 0.0594 e. The number of hydrogen-bond donors (Lipinski definition) is 1. The second-order valence-electron chi connectivity index (χ2n) is 13.7. The van der Waals surface area contributed by atoms with E-state index < -0.39 is 0 Å². The van der Waals surface area contributed by atoms with Crippen LogP contribution in [0.1, 0.15) is 113 Å². The quantitative estimate of drug-likeness (QED) is 0.448. The minimum atomic E-state index is -0.137. The Kier molecular flexibility index (Phi) is 5.90. The molecule has 0 heterocycles. The molecule has 0 aliphatic heterocycles. The van der Waals surface area contributed by atoms with Gasteiger partial charge < -0.3 is 5.11 Å². The average molecular weight is 427 g/mol. The molecular formula is C30H50O. The lowest BCUT2D eigenvalue weighted by Crippen LogP contribution is -2.58. The predicted molar refractivity (Wildman–Crippen MR) is 133 cm³/mol. The van der Waals surface area contributed by atoms with Crippen LogP contribution in [0.5, 0.6) is 0 Å². The second-order valence-corrected chi connectivity index (χ2v) is 13.7. The Morgan fingerprint density at radius 1 is 1.06 bits per heavy atom. The molecular weight excluding hydrogens is 376 g/mol. The second kappa shape index (κ2) is 7.75. The molecule has 31 heavy (non-hydrogen) atoms. The van der Waals surface area contributed by atoms with E-state index in [0.717, 1.165) is 24.2 Å². The molecule has 0 unspecified atom stereocenters. The molecule has 0 radical (unpaired) electrons. The molecule has 0 aromatic carbocycles. The van der Waals surface area contributed by atoms with Crippen molar-refractivity contribution in [2.24, 2.45) is 45.3 Å². The first-order valence-electron chi connectivity index (χ1n) is 13.4. The molecule has 0 spiro atoms. The summed E-state index contributed by atoms with van der Waals surface area (Å²) in [5.41, 5.74) is 4.53. The molecule has 1 heteroatoms. The summed E-state index contributed by atoms with van der Waals surface area (Å²) < 4.78 is 0. The smallest absolute Gasteiger partial charge is 0.0594 e. The van der Waals surface area contributed by atoms with Gasteiger partial charge in [0.05, 0.1) is 6.10 Å². The zero-order valence-corrected chi connectivity index (χ0v) is 21.9. The van der Waals surface area contributed by atoms with E-state index in [0.29, 0.717) is 22.2 Å². The van der Waals surface area contributed by atoms with Gasteiger partial charge in [-0.25, -0.2) is 0 Å². The van der Waals surface area contributed by atoms with E-state index in [1.807, 2.05) is 5.57 Å². The fraction of sp³-hybridized carbons (Fsp3) is 0.867. The highest BCUT2D eigenvalue weighted by molar-refractivity contribution is 5.33. The summed E-state index contributed by atoms with van der Waals surface area (Å²) in [5, 5.41) is 10.8. The molecule has 1 N–H and O–H groups in total. The summed E-state index contributed by atoms with van der Waals surface area (Å²) in [4.78, 5) is 0. The molecule has 0 aromatic heterocycles. The van der Waals surface area contributed by atoms with Gasteiger partial charge in [-0.2, -0.15) is 0 Å². The van der Waals surface area contributed by atoms with Crippen molar-refractivity contribution in [3.63, 3.8) is 0 Å². The van der Waals surface area contributed by atoms with Gasteiger partial charge in [0.2, 0.25) is 0 Å². The average Bonchev–Trinajstić information content (AvgIpc) is 2.96. The van der Waals surface area contributed by atoms with Gasteiger partial charge in [0.15, 0.2) is 0 Å². The predicted octanol–water partition coefficient (Wildman–Crippen LogP) is 8.34.